The zero-order valence-corrected chi connectivity index (χ0v) is 44.2. The molecule has 74 heavy (non-hydrogen) atoms. The van der Waals surface area contributed by atoms with Gasteiger partial charge in [0.2, 0.25) is 0 Å². The fourth-order valence-corrected chi connectivity index (χ4v) is 14.2. The highest BCUT2D eigenvalue weighted by Gasteiger charge is 2.51. The van der Waals surface area contributed by atoms with Gasteiger partial charge in [-0.1, -0.05) is 44.7 Å². The third-order valence-electron chi connectivity index (χ3n) is 17.7. The summed E-state index contributed by atoms with van der Waals surface area (Å²) in [5, 5.41) is 36.3. The number of hydroxylamine groups is 1. The quantitative estimate of drug-likeness (QED) is 0.0755. The van der Waals surface area contributed by atoms with E-state index in [1.54, 1.807) is 18.2 Å². The zero-order valence-electron chi connectivity index (χ0n) is 43.4. The number of pyridine rings is 2. The van der Waals surface area contributed by atoms with E-state index < -0.39 is 32.4 Å². The van der Waals surface area contributed by atoms with Crippen molar-refractivity contribution in [3.63, 3.8) is 0 Å². The van der Waals surface area contributed by atoms with Gasteiger partial charge in [-0.15, -0.1) is 0 Å². The number of nitrogens with one attached hydrogen (secondary N) is 3. The number of aromatic nitrogens is 2. The van der Waals surface area contributed by atoms with Gasteiger partial charge in [0.25, 0.3) is 15.9 Å². The molecular weight excluding hydrogens is 958 g/mol. The minimum Gasteiger partial charge on any atom is -0.629 e. The van der Waals surface area contributed by atoms with Crippen molar-refractivity contribution in [2.24, 2.45) is 23.2 Å². The smallest absolute Gasteiger partial charge is 0.268 e. The highest BCUT2D eigenvalue weighted by Crippen LogP contribution is 2.55. The Morgan fingerprint density at radius 2 is 1.69 bits per heavy atom. The first-order valence-corrected chi connectivity index (χ1v) is 28.5. The normalized spacial score (nSPS) is 26.8. The molecule has 6 aliphatic rings. The van der Waals surface area contributed by atoms with E-state index in [4.69, 9.17) is 4.74 Å². The topological polar surface area (TPSA) is 185 Å². The van der Waals surface area contributed by atoms with Gasteiger partial charge in [-0.2, -0.15) is 0 Å². The number of hydrogen-bond acceptors (Lipinski definition) is 12. The third kappa shape index (κ3) is 11.0. The summed E-state index contributed by atoms with van der Waals surface area (Å²) in [5.74, 6) is 1.04. The summed E-state index contributed by atoms with van der Waals surface area (Å²) in [6.45, 7) is 13.5. The van der Waals surface area contributed by atoms with Gasteiger partial charge in [0, 0.05) is 55.1 Å². The van der Waals surface area contributed by atoms with E-state index in [1.165, 1.54) is 55.4 Å². The van der Waals surface area contributed by atoms with Gasteiger partial charge in [0.05, 0.1) is 42.4 Å². The lowest BCUT2D eigenvalue weighted by Gasteiger charge is -2.58. The van der Waals surface area contributed by atoms with Gasteiger partial charge in [-0.25, -0.2) is 22.5 Å². The van der Waals surface area contributed by atoms with Crippen LogP contribution in [0.3, 0.4) is 0 Å². The van der Waals surface area contributed by atoms with Crippen molar-refractivity contribution in [3.8, 4) is 11.5 Å². The second-order valence-electron chi connectivity index (χ2n) is 23.2. The first-order chi connectivity index (χ1) is 35.3. The van der Waals surface area contributed by atoms with Crippen LogP contribution in [0.5, 0.6) is 11.5 Å². The Morgan fingerprint density at radius 1 is 0.959 bits per heavy atom. The molecule has 2 aromatic heterocycles. The van der Waals surface area contributed by atoms with E-state index >= 15 is 0 Å². The molecule has 3 atom stereocenters. The monoisotopic (exact) mass is 1030 g/mol. The SMILES string of the molecule is C=C1C=C(F)c2cc(Oc3cc(N4CCC5(CC4)CC(N4CCC(C6CCC(O)CC6)CC4c4ccccc4C(C)C)C5)ccc3C(=O)NS(=O)(=O)c3cnc(NCC4CCC(C)(O)CC4)c([NH+](C)[O-])c3)cnc21. The third-order valence-corrected chi connectivity index (χ3v) is 19.0. The van der Waals surface area contributed by atoms with E-state index in [1.807, 2.05) is 6.92 Å². The molecule has 4 heterocycles. The molecule has 10 rings (SSSR count). The number of amides is 1. The lowest BCUT2D eigenvalue weighted by molar-refractivity contribution is -0.751. The Kier molecular flexibility index (Phi) is 14.9. The van der Waals surface area contributed by atoms with Crippen LogP contribution >= 0.6 is 0 Å². The van der Waals surface area contributed by atoms with E-state index in [2.05, 4.69) is 74.5 Å². The average molecular weight is 1030 g/mol. The Balaban J connectivity index is 0.844. The molecule has 3 unspecified atom stereocenters. The van der Waals surface area contributed by atoms with E-state index in [0.717, 1.165) is 95.7 Å². The van der Waals surface area contributed by atoms with Gasteiger partial charge in [-0.3, -0.25) is 14.7 Å². The van der Waals surface area contributed by atoms with Crippen LogP contribution in [-0.2, 0) is 10.0 Å². The summed E-state index contributed by atoms with van der Waals surface area (Å²) in [6.07, 6.45) is 17.4. The summed E-state index contributed by atoms with van der Waals surface area (Å²) in [4.78, 5) is 27.7. The van der Waals surface area contributed by atoms with Crippen molar-refractivity contribution in [2.45, 2.75) is 145 Å². The van der Waals surface area contributed by atoms with Crippen LogP contribution < -0.4 is 24.7 Å². The molecule has 2 aromatic carbocycles. The summed E-state index contributed by atoms with van der Waals surface area (Å²) >= 11 is 0. The number of carbonyl (C=O) groups excluding carboxylic acids is 1. The Bertz CT molecular complexity index is 2880. The number of ether oxygens (including phenoxy) is 1. The molecule has 2 saturated heterocycles. The second kappa shape index (κ2) is 21.1. The highest BCUT2D eigenvalue weighted by molar-refractivity contribution is 7.90. The molecule has 5 N–H and O–H groups in total. The van der Waals surface area contributed by atoms with E-state index in [0.29, 0.717) is 60.5 Å². The molecule has 3 saturated carbocycles. The lowest BCUT2D eigenvalue weighted by Crippen LogP contribution is -2.98. The number of benzene rings is 2. The molecular formula is C58H74FN7O7S. The van der Waals surface area contributed by atoms with Gasteiger partial charge >= 0.3 is 0 Å². The number of aliphatic hydroxyl groups excluding tert-OH is 1. The number of allylic oxidation sites excluding steroid dienone is 2. The number of carbonyl (C=O) groups is 1. The largest absolute Gasteiger partial charge is 0.629 e. The van der Waals surface area contributed by atoms with Crippen LogP contribution in [0.4, 0.5) is 21.6 Å². The summed E-state index contributed by atoms with van der Waals surface area (Å²) in [6, 6.07) is 17.8. The second-order valence-corrected chi connectivity index (χ2v) is 24.9. The van der Waals surface area contributed by atoms with Crippen LogP contribution in [0, 0.1) is 28.4 Å². The van der Waals surface area contributed by atoms with Gasteiger partial charge < -0.3 is 35.4 Å². The molecule has 1 amide bonds. The number of nitrogens with zero attached hydrogens (tertiary/aromatic N) is 4. The molecule has 4 aliphatic carbocycles. The Hall–Kier alpha value is -5.23. The Morgan fingerprint density at radius 3 is 2.41 bits per heavy atom. The number of anilines is 2. The fourth-order valence-electron chi connectivity index (χ4n) is 13.2. The molecule has 14 nitrogen and oxygen atoms in total. The fraction of sp³-hybridized carbons (Fsp3) is 0.534. The summed E-state index contributed by atoms with van der Waals surface area (Å²) in [7, 11) is -3.23. The van der Waals surface area contributed by atoms with Crippen molar-refractivity contribution in [1.82, 2.24) is 19.6 Å². The molecule has 2 aliphatic heterocycles. The number of likely N-dealkylation sites (tertiary alicyclic amines) is 1. The Labute approximate surface area is 436 Å². The highest BCUT2D eigenvalue weighted by atomic mass is 32.2. The van der Waals surface area contributed by atoms with Gasteiger partial charge in [-0.05, 0) is 173 Å². The van der Waals surface area contributed by atoms with Gasteiger partial charge in [0.15, 0.2) is 11.5 Å². The maximum absolute atomic E-state index is 15.0. The number of halogens is 1. The van der Waals surface area contributed by atoms with E-state index in [-0.39, 0.29) is 56.5 Å². The van der Waals surface area contributed by atoms with Crippen LogP contribution in [0.25, 0.3) is 11.4 Å². The van der Waals surface area contributed by atoms with Crippen molar-refractivity contribution < 1.29 is 37.6 Å². The summed E-state index contributed by atoms with van der Waals surface area (Å²) in [5.41, 5.74) is 4.30. The standard InChI is InChI=1S/C58H74FN7O7S/c1-36(2)46-8-6-7-9-47(46)51-27-40(39-10-13-43(67)14-11-39)18-23-66(51)42-31-58(32-42)21-24-65(25-22-58)41-12-15-48(53(28-41)73-44-29-49-50(59)26-37(3)54(49)60-34-44)56(68)63-74(71,72)45-30-52(64(5)70)55(62-35-45)61-33-38-16-19-57(4,69)20-17-38/h6-9,12,15,26,28-30,34-36,38-40,42-43,51,64,67,69H,3,10-11,13-14,16-25,27,31-33H2,1-2,4-5H3,(H,61,62)(H,63,68). The predicted octanol–water partition coefficient (Wildman–Crippen LogP) is 9.60. The molecule has 0 radical (unpaired) electrons. The maximum Gasteiger partial charge on any atom is 0.268 e. The zero-order chi connectivity index (χ0) is 52.1. The number of rotatable bonds is 14. The van der Waals surface area contributed by atoms with Crippen LogP contribution in [0.1, 0.15) is 155 Å². The number of quaternary nitrogens is 1. The molecule has 0 bridgehead atoms. The average Bonchev–Trinajstić information content (AvgIpc) is 3.66. The minimum atomic E-state index is -4.55. The number of aliphatic hydroxyl groups is 2. The number of sulfonamides is 1. The van der Waals surface area contributed by atoms with Crippen LogP contribution in [0.2, 0.25) is 0 Å². The number of hydrogen-bond donors (Lipinski definition) is 5. The first-order valence-electron chi connectivity index (χ1n) is 27.0. The molecule has 4 aromatic rings. The predicted molar refractivity (Wildman–Crippen MR) is 286 cm³/mol. The van der Waals surface area contributed by atoms with Crippen molar-refractivity contribution in [1.29, 1.82) is 0 Å². The van der Waals surface area contributed by atoms with Crippen molar-refractivity contribution >= 4 is 44.5 Å². The van der Waals surface area contributed by atoms with E-state index in [9.17, 15) is 33.0 Å². The van der Waals surface area contributed by atoms with Crippen molar-refractivity contribution in [3.05, 3.63) is 113 Å². The minimum absolute atomic E-state index is 0.0639. The van der Waals surface area contributed by atoms with Crippen LogP contribution in [-0.4, -0.2) is 90.4 Å². The lowest BCUT2D eigenvalue weighted by atomic mass is 9.59. The van der Waals surface area contributed by atoms with Crippen LogP contribution in [0.15, 0.2) is 84.5 Å². The molecule has 1 spiro atoms. The number of piperidine rings is 2. The first kappa shape index (κ1) is 52.2. The van der Waals surface area contributed by atoms with Gasteiger partial charge in [0.1, 0.15) is 22.2 Å². The summed E-state index contributed by atoms with van der Waals surface area (Å²) < 4.78 is 51.4. The molecule has 5 fully saturated rings. The van der Waals surface area contributed by atoms with Crippen molar-refractivity contribution in [2.75, 3.05) is 43.4 Å². The molecule has 396 valence electrons. The molecule has 16 heteroatoms. The number of fused-ring (bicyclic) bond motifs is 1. The maximum atomic E-state index is 15.0.